The van der Waals surface area contributed by atoms with Crippen LogP contribution in [0.3, 0.4) is 0 Å². The Morgan fingerprint density at radius 1 is 1.79 bits per heavy atom. The molecule has 2 atom stereocenters. The second kappa shape index (κ2) is 3.09. The zero-order chi connectivity index (χ0) is 10.3. The highest BCUT2D eigenvalue weighted by Crippen LogP contribution is 2.23. The molecule has 1 aliphatic heterocycles. The molecule has 14 heavy (non-hydrogen) atoms. The fourth-order valence-corrected chi connectivity index (χ4v) is 1.92. The summed E-state index contributed by atoms with van der Waals surface area (Å²) < 4.78 is 1.77. The Hall–Kier alpha value is -1.36. The van der Waals surface area contributed by atoms with Gasteiger partial charge in [0, 0.05) is 19.5 Å². The summed E-state index contributed by atoms with van der Waals surface area (Å²) in [5.74, 6) is -0.846. The highest BCUT2D eigenvalue weighted by atomic mass is 16.4. The highest BCUT2D eigenvalue weighted by Gasteiger charge is 2.32. The lowest BCUT2D eigenvalue weighted by atomic mass is 10.0. The zero-order valence-electron chi connectivity index (χ0n) is 8.19. The van der Waals surface area contributed by atoms with Crippen molar-refractivity contribution in [2.45, 2.75) is 25.4 Å². The maximum Gasteiger partial charge on any atom is 0.326 e. The molecule has 5 heteroatoms. The summed E-state index contributed by atoms with van der Waals surface area (Å²) in [6, 6.07) is -0.459. The number of carboxylic acid groups (broad SMARTS) is 1. The first-order valence-corrected chi connectivity index (χ1v) is 4.58. The van der Waals surface area contributed by atoms with Gasteiger partial charge in [0.1, 0.15) is 6.04 Å². The first-order chi connectivity index (χ1) is 6.59. The molecule has 0 aliphatic carbocycles. The van der Waals surface area contributed by atoms with E-state index in [1.807, 2.05) is 14.0 Å². The van der Waals surface area contributed by atoms with Gasteiger partial charge in [-0.3, -0.25) is 10.1 Å². The van der Waals surface area contributed by atoms with Gasteiger partial charge in [-0.25, -0.2) is 4.98 Å². The first kappa shape index (κ1) is 9.21. The predicted octanol–water partition coefficient (Wildman–Crippen LogP) is 0.0800. The fourth-order valence-electron chi connectivity index (χ4n) is 1.92. The Kier molecular flexibility index (Phi) is 2.03. The van der Waals surface area contributed by atoms with Crippen LogP contribution in [0.2, 0.25) is 0 Å². The van der Waals surface area contributed by atoms with Crippen LogP contribution in [0.4, 0.5) is 0 Å². The summed E-state index contributed by atoms with van der Waals surface area (Å²) in [7, 11) is 1.82. The molecule has 1 aliphatic rings. The molecule has 0 saturated heterocycles. The molecule has 2 rings (SSSR count). The van der Waals surface area contributed by atoms with Crippen LogP contribution in [-0.2, 0) is 18.3 Å². The number of carbonyl (C=O) groups is 1. The van der Waals surface area contributed by atoms with Crippen LogP contribution in [0.25, 0.3) is 0 Å². The summed E-state index contributed by atoms with van der Waals surface area (Å²) in [5, 5.41) is 12.1. The second-order valence-corrected chi connectivity index (χ2v) is 3.73. The molecule has 5 nitrogen and oxygen atoms in total. The van der Waals surface area contributed by atoms with E-state index in [1.165, 1.54) is 0 Å². The fraction of sp³-hybridized carbons (Fsp3) is 0.556. The van der Waals surface area contributed by atoms with Gasteiger partial charge in [-0.05, 0) is 6.92 Å². The van der Waals surface area contributed by atoms with Gasteiger partial charge in [-0.2, -0.15) is 0 Å². The number of hydrogen-bond donors (Lipinski definition) is 2. The van der Waals surface area contributed by atoms with E-state index in [0.29, 0.717) is 0 Å². The molecule has 0 bridgehead atoms. The average molecular weight is 195 g/mol. The molecule has 2 N–H and O–H groups in total. The minimum Gasteiger partial charge on any atom is -0.480 e. The molecule has 0 aromatic carbocycles. The Labute approximate surface area is 81.8 Å². The van der Waals surface area contributed by atoms with Crippen molar-refractivity contribution in [3.63, 3.8) is 0 Å². The third kappa shape index (κ3) is 1.29. The normalized spacial score (nSPS) is 25.9. The molecule has 2 unspecified atom stereocenters. The standard InChI is InChI=1S/C9H13N3O2/c1-5-3-6-8(12(2)4-10-6)7(11-5)9(13)14/h4-5,7,11H,3H2,1-2H3,(H,13,14). The van der Waals surface area contributed by atoms with Crippen molar-refractivity contribution in [3.05, 3.63) is 17.7 Å². The van der Waals surface area contributed by atoms with E-state index in [1.54, 1.807) is 10.9 Å². The minimum atomic E-state index is -0.846. The lowest BCUT2D eigenvalue weighted by Gasteiger charge is -2.26. The van der Waals surface area contributed by atoms with Crippen LogP contribution in [0.15, 0.2) is 6.33 Å². The highest BCUT2D eigenvalue weighted by molar-refractivity contribution is 5.75. The molecule has 0 fully saturated rings. The van der Waals surface area contributed by atoms with E-state index in [0.717, 1.165) is 17.8 Å². The smallest absolute Gasteiger partial charge is 0.326 e. The monoisotopic (exact) mass is 195 g/mol. The first-order valence-electron chi connectivity index (χ1n) is 4.58. The molecule has 1 aromatic heterocycles. The number of carboxylic acids is 1. The molecule has 0 amide bonds. The van der Waals surface area contributed by atoms with Crippen LogP contribution >= 0.6 is 0 Å². The molecule has 1 aromatic rings. The SMILES string of the molecule is CC1Cc2ncn(C)c2C(C(=O)O)N1. The average Bonchev–Trinajstić information content (AvgIpc) is 2.46. The van der Waals surface area contributed by atoms with Crippen molar-refractivity contribution in [3.8, 4) is 0 Å². The summed E-state index contributed by atoms with van der Waals surface area (Å²) in [5.41, 5.74) is 1.67. The van der Waals surface area contributed by atoms with Crippen molar-refractivity contribution < 1.29 is 9.90 Å². The van der Waals surface area contributed by atoms with Crippen LogP contribution in [0.5, 0.6) is 0 Å². The van der Waals surface area contributed by atoms with Gasteiger partial charge in [0.05, 0.1) is 17.7 Å². The maximum atomic E-state index is 11.0. The number of nitrogens with zero attached hydrogens (tertiary/aromatic N) is 2. The number of hydrogen-bond acceptors (Lipinski definition) is 3. The summed E-state index contributed by atoms with van der Waals surface area (Å²) >= 11 is 0. The van der Waals surface area contributed by atoms with E-state index >= 15 is 0 Å². The molecule has 2 heterocycles. The van der Waals surface area contributed by atoms with Crippen LogP contribution in [0.1, 0.15) is 24.4 Å². The number of aliphatic carboxylic acids is 1. The van der Waals surface area contributed by atoms with E-state index in [2.05, 4.69) is 10.3 Å². The van der Waals surface area contributed by atoms with Gasteiger partial charge in [-0.1, -0.05) is 0 Å². The maximum absolute atomic E-state index is 11.0. The minimum absolute atomic E-state index is 0.165. The van der Waals surface area contributed by atoms with E-state index < -0.39 is 12.0 Å². The molecular weight excluding hydrogens is 182 g/mol. The topological polar surface area (TPSA) is 67.2 Å². The number of nitrogens with one attached hydrogen (secondary N) is 1. The molecule has 0 spiro atoms. The second-order valence-electron chi connectivity index (χ2n) is 3.73. The van der Waals surface area contributed by atoms with Gasteiger partial charge in [0.2, 0.25) is 0 Å². The van der Waals surface area contributed by atoms with Gasteiger partial charge < -0.3 is 9.67 Å². The lowest BCUT2D eigenvalue weighted by Crippen LogP contribution is -2.42. The summed E-state index contributed by atoms with van der Waals surface area (Å²) in [6.07, 6.45) is 2.46. The molecule has 0 radical (unpaired) electrons. The van der Waals surface area contributed by atoms with Crippen molar-refractivity contribution in [2.24, 2.45) is 7.05 Å². The van der Waals surface area contributed by atoms with Crippen LogP contribution in [-0.4, -0.2) is 26.7 Å². The Morgan fingerprint density at radius 3 is 3.14 bits per heavy atom. The van der Waals surface area contributed by atoms with Crippen molar-refractivity contribution >= 4 is 5.97 Å². The number of aromatic nitrogens is 2. The van der Waals surface area contributed by atoms with Gasteiger partial charge in [0.25, 0.3) is 0 Å². The number of rotatable bonds is 1. The lowest BCUT2D eigenvalue weighted by molar-refractivity contribution is -0.140. The largest absolute Gasteiger partial charge is 0.480 e. The van der Waals surface area contributed by atoms with E-state index in [-0.39, 0.29) is 6.04 Å². The Balaban J connectivity index is 2.46. The van der Waals surface area contributed by atoms with Gasteiger partial charge >= 0.3 is 5.97 Å². The Bertz CT molecular complexity index is 372. The van der Waals surface area contributed by atoms with Crippen molar-refractivity contribution in [1.29, 1.82) is 0 Å². The summed E-state index contributed by atoms with van der Waals surface area (Å²) in [4.78, 5) is 15.2. The third-order valence-corrected chi connectivity index (χ3v) is 2.53. The van der Waals surface area contributed by atoms with Crippen molar-refractivity contribution in [2.75, 3.05) is 0 Å². The quantitative estimate of drug-likeness (QED) is 0.666. The van der Waals surface area contributed by atoms with Gasteiger partial charge in [-0.15, -0.1) is 0 Å². The van der Waals surface area contributed by atoms with E-state index in [4.69, 9.17) is 5.11 Å². The number of fused-ring (bicyclic) bond motifs is 1. The predicted molar refractivity (Wildman–Crippen MR) is 49.9 cm³/mol. The number of imidazole rings is 1. The van der Waals surface area contributed by atoms with Crippen molar-refractivity contribution in [1.82, 2.24) is 14.9 Å². The molecule has 0 saturated carbocycles. The van der Waals surface area contributed by atoms with Crippen LogP contribution in [0, 0.1) is 0 Å². The van der Waals surface area contributed by atoms with Gasteiger partial charge in [0.15, 0.2) is 0 Å². The van der Waals surface area contributed by atoms with Crippen LogP contribution < -0.4 is 5.32 Å². The summed E-state index contributed by atoms with van der Waals surface area (Å²) in [6.45, 7) is 1.97. The number of aryl methyl sites for hydroxylation is 1. The molecular formula is C9H13N3O2. The molecule has 76 valence electrons. The third-order valence-electron chi connectivity index (χ3n) is 2.53. The zero-order valence-corrected chi connectivity index (χ0v) is 8.19. The Morgan fingerprint density at radius 2 is 2.50 bits per heavy atom. The van der Waals surface area contributed by atoms with E-state index in [9.17, 15) is 4.79 Å².